The summed E-state index contributed by atoms with van der Waals surface area (Å²) < 4.78 is 32.4. The largest absolute Gasteiger partial charge is 0.391 e. The molecule has 4 N–H and O–H groups in total. The summed E-state index contributed by atoms with van der Waals surface area (Å²) in [4.78, 5) is 12.5. The number of aliphatic hydroxyl groups excluding tert-OH is 2. The van der Waals surface area contributed by atoms with Gasteiger partial charge in [-0.15, -0.1) is 0 Å². The molecule has 0 aliphatic heterocycles. The van der Waals surface area contributed by atoms with Crippen molar-refractivity contribution in [3.8, 4) is 0 Å². The lowest BCUT2D eigenvalue weighted by Gasteiger charge is -2.24. The van der Waals surface area contributed by atoms with Crippen LogP contribution >= 0.6 is 0 Å². The van der Waals surface area contributed by atoms with Crippen molar-refractivity contribution >= 4 is 16.0 Å². The molecule has 0 saturated carbocycles. The van der Waals surface area contributed by atoms with Gasteiger partial charge in [-0.25, -0.2) is 0 Å². The van der Waals surface area contributed by atoms with Crippen LogP contribution < -0.4 is 5.32 Å². The molecule has 0 heterocycles. The van der Waals surface area contributed by atoms with Crippen molar-refractivity contribution in [3.05, 3.63) is 0 Å². The molecule has 3 unspecified atom stereocenters. The van der Waals surface area contributed by atoms with Gasteiger partial charge in [-0.05, 0) is 12.8 Å². The second kappa shape index (κ2) is 30.9. The molecule has 0 radical (unpaired) electrons. The maximum Gasteiger partial charge on any atom is 0.266 e. The van der Waals surface area contributed by atoms with Crippen molar-refractivity contribution in [3.63, 3.8) is 0 Å². The molecule has 7 nitrogen and oxygen atoms in total. The van der Waals surface area contributed by atoms with Gasteiger partial charge < -0.3 is 15.5 Å². The van der Waals surface area contributed by atoms with Gasteiger partial charge in [0.05, 0.1) is 17.9 Å². The summed E-state index contributed by atoms with van der Waals surface area (Å²) in [6.07, 6.45) is 31.1. The number of amides is 1. The van der Waals surface area contributed by atoms with E-state index in [9.17, 15) is 28.0 Å². The minimum Gasteiger partial charge on any atom is -0.391 e. The number of rotatable bonds is 34. The van der Waals surface area contributed by atoms with E-state index in [1.54, 1.807) is 0 Å². The molecular weight excluding hydrogens is 574 g/mol. The fourth-order valence-corrected chi connectivity index (χ4v) is 6.75. The molecule has 0 aromatic heterocycles. The third-order valence-electron chi connectivity index (χ3n) is 8.92. The van der Waals surface area contributed by atoms with Crippen LogP contribution in [-0.4, -0.2) is 53.1 Å². The summed E-state index contributed by atoms with van der Waals surface area (Å²) in [6.45, 7) is 4.49. The molecule has 44 heavy (non-hydrogen) atoms. The van der Waals surface area contributed by atoms with Crippen molar-refractivity contribution < 1.29 is 28.0 Å². The normalized spacial score (nSPS) is 14.0. The zero-order chi connectivity index (χ0) is 32.7. The molecule has 0 aromatic carbocycles. The first-order chi connectivity index (χ1) is 21.2. The Hall–Kier alpha value is -0.700. The fraction of sp³-hybridized carbons (Fsp3) is 0.972. The average Bonchev–Trinajstić information content (AvgIpc) is 2.98. The standard InChI is InChI=1S/C36H73NO6S/c1-3-5-7-9-11-13-15-17-19-21-23-25-27-29-31-35(39)36(40)37-33(32-44(41,42)43)34(38)30-28-26-24-22-20-18-16-14-12-10-8-6-4-2/h33-35,38-39H,3-32H2,1-2H3,(H,37,40)(H,41,42,43). The van der Waals surface area contributed by atoms with E-state index in [-0.39, 0.29) is 0 Å². The monoisotopic (exact) mass is 648 g/mol. The first-order valence-electron chi connectivity index (χ1n) is 18.8. The first-order valence-corrected chi connectivity index (χ1v) is 20.4. The van der Waals surface area contributed by atoms with Crippen LogP contribution in [0, 0.1) is 0 Å². The van der Waals surface area contributed by atoms with Gasteiger partial charge in [0.15, 0.2) is 0 Å². The van der Waals surface area contributed by atoms with Crippen molar-refractivity contribution in [2.75, 3.05) is 5.75 Å². The molecule has 1 amide bonds. The Kier molecular flexibility index (Phi) is 30.4. The number of aliphatic hydroxyl groups is 2. The van der Waals surface area contributed by atoms with Gasteiger partial charge in [0.25, 0.3) is 10.1 Å². The van der Waals surface area contributed by atoms with E-state index in [4.69, 9.17) is 0 Å². The highest BCUT2D eigenvalue weighted by molar-refractivity contribution is 7.85. The molecule has 0 spiro atoms. The van der Waals surface area contributed by atoms with Crippen LogP contribution in [0.2, 0.25) is 0 Å². The van der Waals surface area contributed by atoms with E-state index in [1.807, 2.05) is 0 Å². The van der Waals surface area contributed by atoms with Gasteiger partial charge in [0.1, 0.15) is 6.10 Å². The number of hydrogen-bond acceptors (Lipinski definition) is 5. The minimum absolute atomic E-state index is 0.303. The lowest BCUT2D eigenvalue weighted by molar-refractivity contribution is -0.131. The zero-order valence-electron chi connectivity index (χ0n) is 28.9. The van der Waals surface area contributed by atoms with Crippen LogP contribution in [0.25, 0.3) is 0 Å². The number of carbonyl (C=O) groups is 1. The Bertz CT molecular complexity index is 732. The molecule has 0 aliphatic rings. The number of nitrogens with one attached hydrogen (secondary N) is 1. The predicted molar refractivity (Wildman–Crippen MR) is 186 cm³/mol. The molecule has 0 aromatic rings. The van der Waals surface area contributed by atoms with Gasteiger partial charge in [0, 0.05) is 0 Å². The number of hydrogen-bond donors (Lipinski definition) is 4. The minimum atomic E-state index is -4.40. The summed E-state index contributed by atoms with van der Waals surface area (Å²) in [6, 6.07) is -1.14. The van der Waals surface area contributed by atoms with Crippen molar-refractivity contribution in [2.45, 2.75) is 218 Å². The summed E-state index contributed by atoms with van der Waals surface area (Å²) in [5.74, 6) is -1.44. The molecule has 0 bridgehead atoms. The van der Waals surface area contributed by atoms with E-state index in [0.29, 0.717) is 12.8 Å². The number of unbranched alkanes of at least 4 members (excludes halogenated alkanes) is 25. The van der Waals surface area contributed by atoms with E-state index in [2.05, 4.69) is 19.2 Å². The van der Waals surface area contributed by atoms with Gasteiger partial charge >= 0.3 is 0 Å². The third-order valence-corrected chi connectivity index (χ3v) is 9.70. The van der Waals surface area contributed by atoms with E-state index >= 15 is 0 Å². The third kappa shape index (κ3) is 30.0. The van der Waals surface area contributed by atoms with Crippen LogP contribution in [0.4, 0.5) is 0 Å². The molecule has 8 heteroatoms. The Labute approximate surface area is 272 Å². The quantitative estimate of drug-likeness (QED) is 0.0407. The predicted octanol–water partition coefficient (Wildman–Crippen LogP) is 9.43. The Morgan fingerprint density at radius 1 is 0.523 bits per heavy atom. The highest BCUT2D eigenvalue weighted by atomic mass is 32.2. The van der Waals surface area contributed by atoms with E-state index < -0.39 is 40.0 Å². The van der Waals surface area contributed by atoms with Crippen molar-refractivity contribution in [1.82, 2.24) is 5.32 Å². The lowest BCUT2D eigenvalue weighted by atomic mass is 10.0. The molecule has 0 aliphatic carbocycles. The molecule has 3 atom stereocenters. The summed E-state index contributed by atoms with van der Waals surface area (Å²) in [7, 11) is -4.40. The maximum atomic E-state index is 12.5. The maximum absolute atomic E-state index is 12.5. The topological polar surface area (TPSA) is 124 Å². The van der Waals surface area contributed by atoms with Crippen LogP contribution in [0.15, 0.2) is 0 Å². The summed E-state index contributed by atoms with van der Waals surface area (Å²) in [5.41, 5.74) is 0. The van der Waals surface area contributed by atoms with Crippen LogP contribution in [0.3, 0.4) is 0 Å². The Morgan fingerprint density at radius 3 is 1.14 bits per heavy atom. The smallest absolute Gasteiger partial charge is 0.266 e. The van der Waals surface area contributed by atoms with Crippen LogP contribution in [0.5, 0.6) is 0 Å². The first kappa shape index (κ1) is 43.3. The van der Waals surface area contributed by atoms with Gasteiger partial charge in [-0.2, -0.15) is 8.42 Å². The second-order valence-electron chi connectivity index (χ2n) is 13.4. The summed E-state index contributed by atoms with van der Waals surface area (Å²) >= 11 is 0. The van der Waals surface area contributed by atoms with Gasteiger partial charge in [0.2, 0.25) is 5.91 Å². The van der Waals surface area contributed by atoms with Crippen LogP contribution in [0.1, 0.15) is 200 Å². The van der Waals surface area contributed by atoms with Crippen molar-refractivity contribution in [2.24, 2.45) is 0 Å². The molecule has 0 saturated heterocycles. The van der Waals surface area contributed by atoms with Gasteiger partial charge in [-0.3, -0.25) is 9.35 Å². The highest BCUT2D eigenvalue weighted by Gasteiger charge is 2.28. The zero-order valence-corrected chi connectivity index (χ0v) is 29.7. The van der Waals surface area contributed by atoms with Crippen molar-refractivity contribution in [1.29, 1.82) is 0 Å². The molecule has 0 fully saturated rings. The highest BCUT2D eigenvalue weighted by Crippen LogP contribution is 2.16. The average molecular weight is 648 g/mol. The van der Waals surface area contributed by atoms with Crippen LogP contribution in [-0.2, 0) is 14.9 Å². The SMILES string of the molecule is CCCCCCCCCCCCCCCCC(O)C(=O)NC(CS(=O)(=O)O)C(O)CCCCCCCCCCCCCCC. The number of carbonyl (C=O) groups excluding carboxylic acids is 1. The molecular formula is C36H73NO6S. The Morgan fingerprint density at radius 2 is 0.818 bits per heavy atom. The summed E-state index contributed by atoms with van der Waals surface area (Å²) in [5, 5.41) is 23.4. The Balaban J connectivity index is 4.02. The lowest BCUT2D eigenvalue weighted by Crippen LogP contribution is -2.50. The molecule has 0 rings (SSSR count). The van der Waals surface area contributed by atoms with E-state index in [1.165, 1.54) is 128 Å². The second-order valence-corrected chi connectivity index (χ2v) is 14.9. The molecule has 264 valence electrons. The fourth-order valence-electron chi connectivity index (χ4n) is 5.99. The van der Waals surface area contributed by atoms with Gasteiger partial charge in [-0.1, -0.05) is 187 Å². The van der Waals surface area contributed by atoms with E-state index in [0.717, 1.165) is 44.9 Å².